The molecule has 0 bridgehead atoms. The van der Waals surface area contributed by atoms with Crippen molar-refractivity contribution in [3.8, 4) is 0 Å². The lowest BCUT2D eigenvalue weighted by Crippen LogP contribution is -2.36. The fraction of sp³-hybridized carbons (Fsp3) is 0.500. The predicted molar refractivity (Wildman–Crippen MR) is 70.1 cm³/mol. The van der Waals surface area contributed by atoms with Crippen molar-refractivity contribution in [2.24, 2.45) is 5.92 Å². The Bertz CT molecular complexity index is 483. The zero-order valence-corrected chi connectivity index (χ0v) is 10.9. The van der Waals surface area contributed by atoms with Crippen LogP contribution in [-0.2, 0) is 0 Å². The van der Waals surface area contributed by atoms with Crippen molar-refractivity contribution < 1.29 is 14.7 Å². The Hall–Kier alpha value is -1.91. The number of pyridine rings is 1. The fourth-order valence-corrected chi connectivity index (χ4v) is 2.10. The highest BCUT2D eigenvalue weighted by molar-refractivity contribution is 6.03. The first-order valence-electron chi connectivity index (χ1n) is 6.61. The Morgan fingerprint density at radius 3 is 2.84 bits per heavy atom. The molecule has 1 amide bonds. The molecule has 2 N–H and O–H groups in total. The van der Waals surface area contributed by atoms with Crippen LogP contribution in [0.1, 0.15) is 53.5 Å². The third-order valence-corrected chi connectivity index (χ3v) is 3.40. The summed E-state index contributed by atoms with van der Waals surface area (Å²) in [5.41, 5.74) is -0.0643. The van der Waals surface area contributed by atoms with E-state index in [1.165, 1.54) is 31.2 Å². The summed E-state index contributed by atoms with van der Waals surface area (Å²) in [6.45, 7) is 2.02. The van der Waals surface area contributed by atoms with Gasteiger partial charge in [0.1, 0.15) is 5.69 Å². The first-order chi connectivity index (χ1) is 9.11. The molecular formula is C14H18N2O3. The molecule has 1 aromatic heterocycles. The maximum atomic E-state index is 12.1. The highest BCUT2D eigenvalue weighted by atomic mass is 16.4. The van der Waals surface area contributed by atoms with Crippen LogP contribution in [0, 0.1) is 5.92 Å². The van der Waals surface area contributed by atoms with E-state index < -0.39 is 11.9 Å². The van der Waals surface area contributed by atoms with Crippen molar-refractivity contribution in [2.45, 2.75) is 38.6 Å². The molecule has 1 atom stereocenters. The topological polar surface area (TPSA) is 79.3 Å². The Kier molecular flexibility index (Phi) is 4.14. The van der Waals surface area contributed by atoms with Gasteiger partial charge in [-0.2, -0.15) is 0 Å². The van der Waals surface area contributed by atoms with E-state index in [1.807, 2.05) is 6.92 Å². The molecule has 0 radical (unpaired) electrons. The van der Waals surface area contributed by atoms with E-state index in [1.54, 1.807) is 0 Å². The number of hydrogen-bond acceptors (Lipinski definition) is 3. The normalized spacial score (nSPS) is 15.8. The molecule has 0 aliphatic heterocycles. The maximum absolute atomic E-state index is 12.1. The molecule has 19 heavy (non-hydrogen) atoms. The van der Waals surface area contributed by atoms with Crippen LogP contribution in [-0.4, -0.2) is 28.0 Å². The number of nitrogens with one attached hydrogen (secondary N) is 1. The number of aromatic carboxylic acids is 1. The standard InChI is InChI=1S/C14H18N2O3/c1-2-10(8-9-5-6-9)16-13(17)12-11(14(18)19)4-3-7-15-12/h3-4,7,9-10H,2,5-6,8H2,1H3,(H,16,17)(H,18,19). The number of hydrogen-bond donors (Lipinski definition) is 2. The number of rotatable bonds is 6. The second-order valence-electron chi connectivity index (χ2n) is 4.96. The van der Waals surface area contributed by atoms with Crippen molar-refractivity contribution in [1.29, 1.82) is 0 Å². The minimum absolute atomic E-state index is 0.00996. The summed E-state index contributed by atoms with van der Waals surface area (Å²) in [6.07, 6.45) is 5.71. The smallest absolute Gasteiger partial charge is 0.338 e. The van der Waals surface area contributed by atoms with Gasteiger partial charge in [0.15, 0.2) is 0 Å². The first kappa shape index (κ1) is 13.5. The Balaban J connectivity index is 2.07. The molecule has 1 unspecified atom stereocenters. The van der Waals surface area contributed by atoms with Crippen LogP contribution in [0.15, 0.2) is 18.3 Å². The number of carboxylic acids is 1. The van der Waals surface area contributed by atoms with Gasteiger partial charge in [0, 0.05) is 12.2 Å². The van der Waals surface area contributed by atoms with E-state index in [2.05, 4.69) is 10.3 Å². The van der Waals surface area contributed by atoms with E-state index in [4.69, 9.17) is 5.11 Å². The molecule has 1 heterocycles. The van der Waals surface area contributed by atoms with Crippen LogP contribution in [0.3, 0.4) is 0 Å². The van der Waals surface area contributed by atoms with Gasteiger partial charge in [-0.3, -0.25) is 9.78 Å². The molecule has 1 aromatic rings. The SMILES string of the molecule is CCC(CC1CC1)NC(=O)c1ncccc1C(=O)O. The monoisotopic (exact) mass is 262 g/mol. The van der Waals surface area contributed by atoms with Gasteiger partial charge in [0.05, 0.1) is 5.56 Å². The minimum Gasteiger partial charge on any atom is -0.478 e. The van der Waals surface area contributed by atoms with Crippen molar-refractivity contribution >= 4 is 11.9 Å². The van der Waals surface area contributed by atoms with E-state index in [0.29, 0.717) is 5.92 Å². The quantitative estimate of drug-likeness (QED) is 0.822. The van der Waals surface area contributed by atoms with Crippen molar-refractivity contribution in [2.75, 3.05) is 0 Å². The fourth-order valence-electron chi connectivity index (χ4n) is 2.10. The van der Waals surface area contributed by atoms with Gasteiger partial charge in [-0.1, -0.05) is 19.8 Å². The molecule has 5 nitrogen and oxygen atoms in total. The number of nitrogens with zero attached hydrogens (tertiary/aromatic N) is 1. The van der Waals surface area contributed by atoms with Gasteiger partial charge in [-0.15, -0.1) is 0 Å². The average molecular weight is 262 g/mol. The van der Waals surface area contributed by atoms with Gasteiger partial charge in [0.2, 0.25) is 0 Å². The Labute approximate surface area is 112 Å². The third-order valence-electron chi connectivity index (χ3n) is 3.40. The Morgan fingerprint density at radius 1 is 1.53 bits per heavy atom. The number of amides is 1. The molecule has 102 valence electrons. The minimum atomic E-state index is -1.13. The van der Waals surface area contributed by atoms with Crippen LogP contribution in [0.2, 0.25) is 0 Å². The van der Waals surface area contributed by atoms with Crippen LogP contribution in [0.5, 0.6) is 0 Å². The number of carbonyl (C=O) groups is 2. The summed E-state index contributed by atoms with van der Waals surface area (Å²) >= 11 is 0. The van der Waals surface area contributed by atoms with Crippen LogP contribution in [0.25, 0.3) is 0 Å². The number of aromatic nitrogens is 1. The zero-order chi connectivity index (χ0) is 13.8. The molecule has 1 fully saturated rings. The molecule has 1 aliphatic rings. The molecule has 0 saturated heterocycles. The second kappa shape index (κ2) is 5.82. The number of carbonyl (C=O) groups excluding carboxylic acids is 1. The van der Waals surface area contributed by atoms with Gasteiger partial charge >= 0.3 is 5.97 Å². The number of carboxylic acid groups (broad SMARTS) is 1. The van der Waals surface area contributed by atoms with E-state index in [9.17, 15) is 9.59 Å². The lowest BCUT2D eigenvalue weighted by atomic mass is 10.1. The first-order valence-corrected chi connectivity index (χ1v) is 6.61. The Morgan fingerprint density at radius 2 is 2.26 bits per heavy atom. The molecule has 0 aromatic carbocycles. The second-order valence-corrected chi connectivity index (χ2v) is 4.96. The molecule has 0 spiro atoms. The van der Waals surface area contributed by atoms with Gasteiger partial charge in [-0.25, -0.2) is 4.79 Å². The van der Waals surface area contributed by atoms with Gasteiger partial charge in [0.25, 0.3) is 5.91 Å². The van der Waals surface area contributed by atoms with Gasteiger partial charge in [-0.05, 0) is 30.9 Å². The predicted octanol–water partition coefficient (Wildman–Crippen LogP) is 2.09. The summed E-state index contributed by atoms with van der Waals surface area (Å²) in [4.78, 5) is 27.0. The molecule has 2 rings (SSSR count). The van der Waals surface area contributed by atoms with Crippen molar-refractivity contribution in [3.05, 3.63) is 29.6 Å². The van der Waals surface area contributed by atoms with Gasteiger partial charge < -0.3 is 10.4 Å². The lowest BCUT2D eigenvalue weighted by molar-refractivity contribution is 0.0689. The molecule has 5 heteroatoms. The molecular weight excluding hydrogens is 244 g/mol. The van der Waals surface area contributed by atoms with Crippen molar-refractivity contribution in [3.63, 3.8) is 0 Å². The lowest BCUT2D eigenvalue weighted by Gasteiger charge is -2.16. The summed E-state index contributed by atoms with van der Waals surface area (Å²) in [5.74, 6) is -0.813. The highest BCUT2D eigenvalue weighted by Gasteiger charge is 2.26. The van der Waals surface area contributed by atoms with E-state index in [0.717, 1.165) is 12.8 Å². The van der Waals surface area contributed by atoms with E-state index in [-0.39, 0.29) is 17.3 Å². The summed E-state index contributed by atoms with van der Waals surface area (Å²) < 4.78 is 0. The maximum Gasteiger partial charge on any atom is 0.338 e. The van der Waals surface area contributed by atoms with Crippen LogP contribution < -0.4 is 5.32 Å². The largest absolute Gasteiger partial charge is 0.478 e. The average Bonchev–Trinajstić information content (AvgIpc) is 3.21. The highest BCUT2D eigenvalue weighted by Crippen LogP contribution is 2.34. The summed E-state index contributed by atoms with van der Waals surface area (Å²) in [7, 11) is 0. The van der Waals surface area contributed by atoms with Crippen LogP contribution in [0.4, 0.5) is 0 Å². The summed E-state index contributed by atoms with van der Waals surface area (Å²) in [5, 5.41) is 11.9. The third kappa shape index (κ3) is 3.53. The molecule has 1 saturated carbocycles. The zero-order valence-electron chi connectivity index (χ0n) is 10.9. The van der Waals surface area contributed by atoms with E-state index >= 15 is 0 Å². The molecule has 1 aliphatic carbocycles. The van der Waals surface area contributed by atoms with Crippen molar-refractivity contribution in [1.82, 2.24) is 10.3 Å². The summed E-state index contributed by atoms with van der Waals surface area (Å²) in [6, 6.07) is 3.01. The van der Waals surface area contributed by atoms with Crippen LogP contribution >= 0.6 is 0 Å².